The monoisotopic (exact) mass is 185 g/mol. The number of aromatic hydroxyl groups is 1. The molecular weight excluding hydrogens is 173 g/mol. The number of nitrogens with two attached hydrogens (primary N) is 1. The van der Waals surface area contributed by atoms with Crippen LogP contribution in [0.5, 0.6) is 11.5 Å². The lowest BCUT2D eigenvalue weighted by Crippen LogP contribution is -2.05. The van der Waals surface area contributed by atoms with Gasteiger partial charge in [-0.2, -0.15) is 0 Å². The molecule has 3 N–H and O–H groups in total. The average Bonchev–Trinajstić information content (AvgIpc) is 2.03. The number of hydrogen-bond acceptors (Lipinski definition) is 3. The number of hydrogen-bond donors (Lipinski definition) is 2. The summed E-state index contributed by atoms with van der Waals surface area (Å²) in [7, 11) is 1.30. The molecule has 1 aromatic carbocycles. The quantitative estimate of drug-likeness (QED) is 0.735. The summed E-state index contributed by atoms with van der Waals surface area (Å²) in [4.78, 5) is 0. The summed E-state index contributed by atoms with van der Waals surface area (Å²) in [5.74, 6) is -0.978. The molecule has 0 amide bonds. The summed E-state index contributed by atoms with van der Waals surface area (Å²) in [5.41, 5.74) is 6.06. The Balaban J connectivity index is 3.20. The minimum atomic E-state index is -0.602. The fourth-order valence-electron chi connectivity index (χ4n) is 1.06. The number of benzene rings is 1. The van der Waals surface area contributed by atoms with E-state index in [0.717, 1.165) is 0 Å². The molecule has 1 rings (SSSR count). The van der Waals surface area contributed by atoms with Gasteiger partial charge in [-0.1, -0.05) is 0 Å². The van der Waals surface area contributed by atoms with Crippen LogP contribution in [0.1, 0.15) is 18.5 Å². The molecule has 0 aliphatic carbocycles. The van der Waals surface area contributed by atoms with Gasteiger partial charge in [-0.05, 0) is 24.6 Å². The average molecular weight is 185 g/mol. The first kappa shape index (κ1) is 9.80. The minimum Gasteiger partial charge on any atom is -0.504 e. The highest BCUT2D eigenvalue weighted by molar-refractivity contribution is 5.43. The number of phenols is 1. The molecule has 4 heteroatoms. The van der Waals surface area contributed by atoms with E-state index in [0.29, 0.717) is 5.56 Å². The van der Waals surface area contributed by atoms with Crippen LogP contribution in [0.2, 0.25) is 0 Å². The number of rotatable bonds is 2. The predicted molar refractivity (Wildman–Crippen MR) is 47.2 cm³/mol. The van der Waals surface area contributed by atoms with E-state index in [1.807, 2.05) is 0 Å². The van der Waals surface area contributed by atoms with Gasteiger partial charge in [0.05, 0.1) is 7.11 Å². The van der Waals surface area contributed by atoms with E-state index in [1.165, 1.54) is 19.2 Å². The van der Waals surface area contributed by atoms with Crippen LogP contribution in [0.4, 0.5) is 4.39 Å². The Kier molecular flexibility index (Phi) is 2.72. The maximum absolute atomic E-state index is 13.1. The zero-order valence-corrected chi connectivity index (χ0v) is 7.54. The van der Waals surface area contributed by atoms with Crippen molar-refractivity contribution in [3.05, 3.63) is 23.5 Å². The normalized spacial score (nSPS) is 12.6. The van der Waals surface area contributed by atoms with Crippen LogP contribution >= 0.6 is 0 Å². The third kappa shape index (κ3) is 1.89. The fourth-order valence-corrected chi connectivity index (χ4v) is 1.06. The van der Waals surface area contributed by atoms with E-state index >= 15 is 0 Å². The van der Waals surface area contributed by atoms with Crippen LogP contribution in [0, 0.1) is 5.82 Å². The van der Waals surface area contributed by atoms with Crippen molar-refractivity contribution in [3.8, 4) is 11.5 Å². The van der Waals surface area contributed by atoms with Crippen molar-refractivity contribution in [2.75, 3.05) is 7.11 Å². The van der Waals surface area contributed by atoms with Gasteiger partial charge in [0.1, 0.15) is 0 Å². The number of phenolic OH excluding ortho intramolecular Hbond substituents is 1. The molecule has 0 aliphatic heterocycles. The predicted octanol–water partition coefficient (Wildman–Crippen LogP) is 1.56. The van der Waals surface area contributed by atoms with Crippen LogP contribution in [-0.4, -0.2) is 12.2 Å². The van der Waals surface area contributed by atoms with Gasteiger partial charge in [-0.3, -0.25) is 0 Å². The SMILES string of the molecule is COc1c(O)cc(C(C)N)cc1F. The molecule has 0 bridgehead atoms. The summed E-state index contributed by atoms with van der Waals surface area (Å²) in [6.07, 6.45) is 0. The highest BCUT2D eigenvalue weighted by atomic mass is 19.1. The van der Waals surface area contributed by atoms with E-state index in [1.54, 1.807) is 6.92 Å². The molecule has 0 aromatic heterocycles. The van der Waals surface area contributed by atoms with Gasteiger partial charge in [-0.15, -0.1) is 0 Å². The maximum Gasteiger partial charge on any atom is 0.196 e. The second kappa shape index (κ2) is 3.62. The van der Waals surface area contributed by atoms with Crippen molar-refractivity contribution in [2.45, 2.75) is 13.0 Å². The molecule has 0 aliphatic rings. The highest BCUT2D eigenvalue weighted by Gasteiger charge is 2.12. The summed E-state index contributed by atoms with van der Waals surface area (Å²) < 4.78 is 17.8. The number of halogens is 1. The molecule has 3 nitrogen and oxygen atoms in total. The Morgan fingerprint density at radius 1 is 1.54 bits per heavy atom. The molecule has 0 saturated carbocycles. The summed E-state index contributed by atoms with van der Waals surface area (Å²) in [5, 5.41) is 9.30. The molecule has 0 fully saturated rings. The van der Waals surface area contributed by atoms with Gasteiger partial charge in [0.2, 0.25) is 0 Å². The second-order valence-corrected chi connectivity index (χ2v) is 2.84. The third-order valence-corrected chi connectivity index (χ3v) is 1.78. The summed E-state index contributed by atoms with van der Waals surface area (Å²) in [6, 6.07) is 2.34. The highest BCUT2D eigenvalue weighted by Crippen LogP contribution is 2.31. The third-order valence-electron chi connectivity index (χ3n) is 1.78. The molecule has 72 valence electrons. The van der Waals surface area contributed by atoms with Crippen LogP contribution < -0.4 is 10.5 Å². The smallest absolute Gasteiger partial charge is 0.196 e. The van der Waals surface area contributed by atoms with Gasteiger partial charge < -0.3 is 15.6 Å². The van der Waals surface area contributed by atoms with Crippen LogP contribution in [0.3, 0.4) is 0 Å². The minimum absolute atomic E-state index is 0.149. The first-order valence-corrected chi connectivity index (χ1v) is 3.88. The molecule has 0 saturated heterocycles. The molecular formula is C9H12FNO2. The van der Waals surface area contributed by atoms with Crippen molar-refractivity contribution >= 4 is 0 Å². The summed E-state index contributed by atoms with van der Waals surface area (Å²) in [6.45, 7) is 1.71. The Morgan fingerprint density at radius 2 is 2.15 bits per heavy atom. The lowest BCUT2D eigenvalue weighted by Gasteiger charge is -2.09. The fraction of sp³-hybridized carbons (Fsp3) is 0.333. The second-order valence-electron chi connectivity index (χ2n) is 2.84. The van der Waals surface area contributed by atoms with E-state index in [4.69, 9.17) is 5.73 Å². The van der Waals surface area contributed by atoms with Gasteiger partial charge >= 0.3 is 0 Å². The van der Waals surface area contributed by atoms with Gasteiger partial charge in [0.15, 0.2) is 17.3 Å². The largest absolute Gasteiger partial charge is 0.504 e. The molecule has 1 aromatic rings. The molecule has 0 spiro atoms. The van der Waals surface area contributed by atoms with Crippen LogP contribution in [0.25, 0.3) is 0 Å². The van der Waals surface area contributed by atoms with E-state index in [-0.39, 0.29) is 17.5 Å². The maximum atomic E-state index is 13.1. The zero-order chi connectivity index (χ0) is 10.0. The van der Waals surface area contributed by atoms with Crippen molar-refractivity contribution < 1.29 is 14.2 Å². The molecule has 0 heterocycles. The first-order valence-electron chi connectivity index (χ1n) is 3.88. The Labute approximate surface area is 75.9 Å². The van der Waals surface area contributed by atoms with Crippen molar-refractivity contribution in [1.82, 2.24) is 0 Å². The lowest BCUT2D eigenvalue weighted by molar-refractivity contribution is 0.350. The topological polar surface area (TPSA) is 55.5 Å². The summed E-state index contributed by atoms with van der Waals surface area (Å²) >= 11 is 0. The Hall–Kier alpha value is -1.29. The molecule has 1 unspecified atom stereocenters. The van der Waals surface area contributed by atoms with Gasteiger partial charge in [0.25, 0.3) is 0 Å². The first-order chi connectivity index (χ1) is 6.06. The van der Waals surface area contributed by atoms with E-state index in [2.05, 4.69) is 4.74 Å². The Bertz CT molecular complexity index is 289. The van der Waals surface area contributed by atoms with Crippen LogP contribution in [-0.2, 0) is 0 Å². The molecule has 13 heavy (non-hydrogen) atoms. The van der Waals surface area contributed by atoms with E-state index < -0.39 is 5.82 Å². The number of ether oxygens (including phenoxy) is 1. The Morgan fingerprint density at radius 3 is 2.54 bits per heavy atom. The molecule has 0 radical (unpaired) electrons. The van der Waals surface area contributed by atoms with Gasteiger partial charge in [-0.25, -0.2) is 4.39 Å². The van der Waals surface area contributed by atoms with E-state index in [9.17, 15) is 9.50 Å². The number of methoxy groups -OCH3 is 1. The van der Waals surface area contributed by atoms with Crippen LogP contribution in [0.15, 0.2) is 12.1 Å². The zero-order valence-electron chi connectivity index (χ0n) is 7.54. The standard InChI is InChI=1S/C9H12FNO2/c1-5(11)6-3-7(10)9(13-2)8(12)4-6/h3-5,12H,11H2,1-2H3. The van der Waals surface area contributed by atoms with Crippen molar-refractivity contribution in [3.63, 3.8) is 0 Å². The van der Waals surface area contributed by atoms with Crippen molar-refractivity contribution in [1.29, 1.82) is 0 Å². The lowest BCUT2D eigenvalue weighted by atomic mass is 10.1. The van der Waals surface area contributed by atoms with Crippen molar-refractivity contribution in [2.24, 2.45) is 5.73 Å². The molecule has 1 atom stereocenters. The van der Waals surface area contributed by atoms with Gasteiger partial charge in [0, 0.05) is 6.04 Å².